The van der Waals surface area contributed by atoms with Crippen LogP contribution in [-0.2, 0) is 23.1 Å². The number of rotatable bonds is 3. The Hall–Kier alpha value is -0.840. The van der Waals surface area contributed by atoms with Crippen LogP contribution in [0.4, 0.5) is 0 Å². The molecule has 0 aromatic carbocycles. The van der Waals surface area contributed by atoms with Crippen molar-refractivity contribution < 1.29 is 28.0 Å². The summed E-state index contributed by atoms with van der Waals surface area (Å²) in [5.74, 6) is -1.05. The number of esters is 1. The predicted molar refractivity (Wildman–Crippen MR) is 37.0 cm³/mol. The topological polar surface area (TPSA) is 82.1 Å². The van der Waals surface area contributed by atoms with E-state index in [4.69, 9.17) is 4.89 Å². The maximum absolute atomic E-state index is 10.7. The summed E-state index contributed by atoms with van der Waals surface area (Å²) in [5, 5.41) is 0. The van der Waals surface area contributed by atoms with Gasteiger partial charge in [0.05, 0.1) is 0 Å². The zero-order chi connectivity index (χ0) is 9.19. The maximum Gasteiger partial charge on any atom is 0.527 e. The fraction of sp³-hybridized carbons (Fsp3) is 0.400. The van der Waals surface area contributed by atoms with Gasteiger partial charge in [-0.15, -0.1) is 0 Å². The van der Waals surface area contributed by atoms with Crippen LogP contribution < -0.4 is 0 Å². The molecule has 0 aliphatic carbocycles. The van der Waals surface area contributed by atoms with E-state index in [0.717, 1.165) is 7.11 Å². The van der Waals surface area contributed by atoms with Gasteiger partial charge in [-0.25, -0.2) is 9.36 Å². The molecule has 1 aliphatic heterocycles. The first-order valence-electron chi connectivity index (χ1n) is 3.00. The molecule has 1 N–H and O–H groups in total. The minimum absolute atomic E-state index is 0.0535. The first kappa shape index (κ1) is 9.25. The van der Waals surface area contributed by atoms with E-state index in [1.54, 1.807) is 0 Å². The zero-order valence-electron chi connectivity index (χ0n) is 6.22. The molecule has 1 rings (SSSR count). The summed E-state index contributed by atoms with van der Waals surface area (Å²) in [6, 6.07) is 0. The third kappa shape index (κ3) is 2.07. The van der Waals surface area contributed by atoms with E-state index >= 15 is 0 Å². The molecule has 0 bridgehead atoms. The molecule has 1 heterocycles. The van der Waals surface area contributed by atoms with Gasteiger partial charge in [0.2, 0.25) is 5.76 Å². The van der Waals surface area contributed by atoms with Gasteiger partial charge in [-0.1, -0.05) is 0 Å². The molecule has 0 saturated carbocycles. The average molecular weight is 194 g/mol. The molecule has 0 radical (unpaired) electrons. The van der Waals surface area contributed by atoms with E-state index in [9.17, 15) is 9.36 Å². The summed E-state index contributed by atoms with van der Waals surface area (Å²) in [5.41, 5.74) is 0. The lowest BCUT2D eigenvalue weighted by Gasteiger charge is -2.08. The molecule has 0 saturated heterocycles. The van der Waals surface area contributed by atoms with Crippen LogP contribution in [0.1, 0.15) is 0 Å². The highest BCUT2D eigenvalue weighted by atomic mass is 31.2. The molecule has 12 heavy (non-hydrogen) atoms. The van der Waals surface area contributed by atoms with Gasteiger partial charge in [0.25, 0.3) is 0 Å². The molecule has 1 unspecified atom stereocenters. The molecule has 6 nitrogen and oxygen atoms in total. The molecular formula is C5H7O6P. The molecule has 0 aromatic rings. The maximum atomic E-state index is 10.7. The van der Waals surface area contributed by atoms with Crippen molar-refractivity contribution in [2.75, 3.05) is 13.7 Å². The Morgan fingerprint density at radius 2 is 2.42 bits per heavy atom. The smallest absolute Gasteiger partial charge is 0.455 e. The second-order valence-electron chi connectivity index (χ2n) is 1.91. The minimum Gasteiger partial charge on any atom is -0.455 e. The highest BCUT2D eigenvalue weighted by molar-refractivity contribution is 7.47. The first-order chi connectivity index (χ1) is 5.55. The van der Waals surface area contributed by atoms with Crippen LogP contribution in [0.5, 0.6) is 0 Å². The van der Waals surface area contributed by atoms with Gasteiger partial charge in [0.15, 0.2) is 0 Å². The average Bonchev–Trinajstić information content (AvgIpc) is 2.36. The van der Waals surface area contributed by atoms with Crippen LogP contribution >= 0.6 is 7.82 Å². The van der Waals surface area contributed by atoms with E-state index < -0.39 is 13.8 Å². The van der Waals surface area contributed by atoms with Crippen molar-refractivity contribution in [1.82, 2.24) is 0 Å². The number of hydrogen-bond donors (Lipinski definition) is 1. The first-order valence-corrected chi connectivity index (χ1v) is 4.50. The molecular weight excluding hydrogens is 187 g/mol. The van der Waals surface area contributed by atoms with E-state index in [1.165, 1.54) is 6.08 Å². The van der Waals surface area contributed by atoms with Crippen molar-refractivity contribution in [2.45, 2.75) is 0 Å². The van der Waals surface area contributed by atoms with Crippen LogP contribution in [0.25, 0.3) is 0 Å². The van der Waals surface area contributed by atoms with Crippen LogP contribution in [0.3, 0.4) is 0 Å². The molecule has 1 aliphatic rings. The lowest BCUT2D eigenvalue weighted by Crippen LogP contribution is -2.02. The second kappa shape index (κ2) is 3.26. The predicted octanol–water partition coefficient (Wildman–Crippen LogP) is 0.190. The Kier molecular flexibility index (Phi) is 2.52. The fourth-order valence-electron chi connectivity index (χ4n) is 0.584. The number of carbonyl (C=O) groups is 1. The third-order valence-corrected chi connectivity index (χ3v) is 2.02. The van der Waals surface area contributed by atoms with Crippen molar-refractivity contribution in [3.05, 3.63) is 11.8 Å². The zero-order valence-corrected chi connectivity index (χ0v) is 7.11. The summed E-state index contributed by atoms with van der Waals surface area (Å²) >= 11 is 0. The van der Waals surface area contributed by atoms with Crippen LogP contribution in [0, 0.1) is 0 Å². The monoisotopic (exact) mass is 194 g/mol. The molecule has 0 spiro atoms. The summed E-state index contributed by atoms with van der Waals surface area (Å²) in [4.78, 5) is 19.4. The number of cyclic esters (lactones) is 1. The Morgan fingerprint density at radius 3 is 2.83 bits per heavy atom. The molecule has 0 amide bonds. The van der Waals surface area contributed by atoms with Crippen molar-refractivity contribution in [1.29, 1.82) is 0 Å². The van der Waals surface area contributed by atoms with Crippen LogP contribution in [0.2, 0.25) is 0 Å². The van der Waals surface area contributed by atoms with Gasteiger partial charge < -0.3 is 9.26 Å². The van der Waals surface area contributed by atoms with Gasteiger partial charge in [0, 0.05) is 13.2 Å². The Morgan fingerprint density at radius 1 is 1.75 bits per heavy atom. The van der Waals surface area contributed by atoms with Gasteiger partial charge in [-0.2, -0.15) is 0 Å². The van der Waals surface area contributed by atoms with Crippen LogP contribution in [-0.4, -0.2) is 24.6 Å². The van der Waals surface area contributed by atoms with Gasteiger partial charge >= 0.3 is 13.8 Å². The quantitative estimate of drug-likeness (QED) is 0.510. The van der Waals surface area contributed by atoms with E-state index in [1.807, 2.05) is 0 Å². The number of hydrogen-bond acceptors (Lipinski definition) is 5. The third-order valence-electron chi connectivity index (χ3n) is 1.13. The fourth-order valence-corrected chi connectivity index (χ4v) is 1.06. The van der Waals surface area contributed by atoms with Crippen molar-refractivity contribution in [3.8, 4) is 0 Å². The normalized spacial score (nSPS) is 21.2. The molecule has 7 heteroatoms. The number of ether oxygens (including phenoxy) is 1. The van der Waals surface area contributed by atoms with E-state index in [2.05, 4.69) is 13.8 Å². The van der Waals surface area contributed by atoms with Gasteiger partial charge in [-0.05, 0) is 0 Å². The summed E-state index contributed by atoms with van der Waals surface area (Å²) in [6.45, 7) is 0.0535. The minimum atomic E-state index is -4.13. The standard InChI is InChI=1S/C5H7O6P/c1-9-12(7,8)11-4-2-3-10-5(4)6/h2H,3H2,1H3,(H,7,8). The van der Waals surface area contributed by atoms with Gasteiger partial charge in [-0.3, -0.25) is 9.42 Å². The lowest BCUT2D eigenvalue weighted by atomic mass is 10.5. The van der Waals surface area contributed by atoms with Crippen LogP contribution in [0.15, 0.2) is 11.8 Å². The Balaban J connectivity index is 2.63. The summed E-state index contributed by atoms with van der Waals surface area (Å²) in [7, 11) is -3.13. The second-order valence-corrected chi connectivity index (χ2v) is 3.39. The van der Waals surface area contributed by atoms with E-state index in [0.29, 0.717) is 0 Å². The molecule has 0 fully saturated rings. The molecule has 1 atom stereocenters. The number of phosphoric acid groups is 1. The Bertz CT molecular complexity index is 269. The Labute approximate surface area is 68.3 Å². The van der Waals surface area contributed by atoms with Crippen molar-refractivity contribution in [2.24, 2.45) is 0 Å². The summed E-state index contributed by atoms with van der Waals surface area (Å²) < 4.78 is 23.6. The van der Waals surface area contributed by atoms with Gasteiger partial charge in [0.1, 0.15) is 6.61 Å². The van der Waals surface area contributed by atoms with Crippen molar-refractivity contribution in [3.63, 3.8) is 0 Å². The van der Waals surface area contributed by atoms with E-state index in [-0.39, 0.29) is 12.4 Å². The summed E-state index contributed by atoms with van der Waals surface area (Å²) in [6.07, 6.45) is 1.25. The van der Waals surface area contributed by atoms with Crippen molar-refractivity contribution >= 4 is 13.8 Å². The molecule has 0 aromatic heterocycles. The largest absolute Gasteiger partial charge is 0.527 e. The highest BCUT2D eigenvalue weighted by Crippen LogP contribution is 2.45. The highest BCUT2D eigenvalue weighted by Gasteiger charge is 2.28. The lowest BCUT2D eigenvalue weighted by molar-refractivity contribution is -0.138. The SMILES string of the molecule is COP(=O)(O)OC1=CCOC1=O. The molecule has 68 valence electrons. The number of carbonyl (C=O) groups excluding carboxylic acids is 1. The number of phosphoric ester groups is 1.